The maximum Gasteiger partial charge on any atom is 0.387 e. The van der Waals surface area contributed by atoms with E-state index >= 15 is 0 Å². The van der Waals surface area contributed by atoms with Gasteiger partial charge in [-0.1, -0.05) is 17.3 Å². The molecule has 2 saturated heterocycles. The topological polar surface area (TPSA) is 111 Å². The normalized spacial score (nSPS) is 23.0. The average molecular weight is 513 g/mol. The lowest BCUT2D eigenvalue weighted by Crippen LogP contribution is -2.46. The molecule has 3 atom stereocenters. The number of rotatable bonds is 9. The van der Waals surface area contributed by atoms with Crippen molar-refractivity contribution in [2.24, 2.45) is 0 Å². The second-order valence-corrected chi connectivity index (χ2v) is 9.77. The number of aromatic nitrogens is 3. The first-order valence-corrected chi connectivity index (χ1v) is 12.5. The number of carbonyl (C=O) groups is 1. The summed E-state index contributed by atoms with van der Waals surface area (Å²) in [6.07, 6.45) is 6.85. The predicted molar refractivity (Wildman–Crippen MR) is 127 cm³/mol. The van der Waals surface area contributed by atoms with Crippen LogP contribution in [0, 0.1) is 0 Å². The molecule has 1 unspecified atom stereocenters. The lowest BCUT2D eigenvalue weighted by Gasteiger charge is -2.38. The Hall–Kier alpha value is -3.60. The number of hydrogen-bond acceptors (Lipinski definition) is 8. The fraction of sp³-hybridized carbons (Fsp3) is 0.462. The van der Waals surface area contributed by atoms with Gasteiger partial charge in [-0.15, -0.1) is 0 Å². The Morgan fingerprint density at radius 1 is 1.14 bits per heavy atom. The van der Waals surface area contributed by atoms with E-state index in [4.69, 9.17) is 14.0 Å². The molecule has 4 heterocycles. The number of para-hydroxylation sites is 1. The summed E-state index contributed by atoms with van der Waals surface area (Å²) in [5.74, 6) is 0.426. The van der Waals surface area contributed by atoms with Crippen LogP contribution in [0.3, 0.4) is 0 Å². The zero-order valence-corrected chi connectivity index (χ0v) is 19.9. The maximum atomic E-state index is 13.0. The summed E-state index contributed by atoms with van der Waals surface area (Å²) in [6.45, 7) is -2.69. The molecule has 2 aliphatic heterocycles. The molecule has 0 radical (unpaired) electrons. The van der Waals surface area contributed by atoms with Crippen molar-refractivity contribution in [3.63, 3.8) is 0 Å². The zero-order valence-electron chi connectivity index (χ0n) is 19.9. The van der Waals surface area contributed by atoms with Gasteiger partial charge in [0, 0.05) is 35.3 Å². The number of benzene rings is 1. The first kappa shape index (κ1) is 23.8. The van der Waals surface area contributed by atoms with Crippen molar-refractivity contribution in [2.75, 3.05) is 4.90 Å². The molecule has 2 aromatic heterocycles. The highest BCUT2D eigenvalue weighted by atomic mass is 19.3. The number of carboxylic acids is 1. The minimum atomic E-state index is -2.95. The van der Waals surface area contributed by atoms with E-state index in [0.29, 0.717) is 17.2 Å². The zero-order chi connectivity index (χ0) is 25.5. The van der Waals surface area contributed by atoms with E-state index in [1.165, 1.54) is 18.3 Å². The number of fused-ring (bicyclic) bond motifs is 2. The smallest absolute Gasteiger partial charge is 0.387 e. The molecule has 0 amide bonds. The van der Waals surface area contributed by atoms with Gasteiger partial charge in [-0.2, -0.15) is 8.78 Å². The van der Waals surface area contributed by atoms with Crippen LogP contribution in [-0.4, -0.2) is 51.0 Å². The fourth-order valence-electron chi connectivity index (χ4n) is 5.58. The number of nitrogens with zero attached hydrogens (tertiary/aromatic N) is 4. The van der Waals surface area contributed by atoms with Crippen LogP contribution in [0.5, 0.6) is 5.75 Å². The third-order valence-corrected chi connectivity index (χ3v) is 7.37. The molecule has 0 spiro atoms. The van der Waals surface area contributed by atoms with Crippen LogP contribution in [-0.2, 0) is 11.3 Å². The van der Waals surface area contributed by atoms with Crippen LogP contribution in [0.15, 0.2) is 41.1 Å². The number of halogens is 2. The van der Waals surface area contributed by atoms with Crippen LogP contribution in [0.1, 0.15) is 66.3 Å². The second kappa shape index (κ2) is 9.70. The summed E-state index contributed by atoms with van der Waals surface area (Å²) in [5.41, 5.74) is 1.67. The van der Waals surface area contributed by atoms with E-state index in [0.717, 1.165) is 49.8 Å². The molecule has 6 rings (SSSR count). The van der Waals surface area contributed by atoms with Crippen molar-refractivity contribution in [3.05, 3.63) is 53.5 Å². The van der Waals surface area contributed by atoms with E-state index in [9.17, 15) is 18.7 Å². The molecular formula is C26H26F2N4O5. The average Bonchev–Trinajstić information content (AvgIpc) is 3.59. The Bertz CT molecular complexity index is 1280. The molecule has 3 aliphatic rings. The van der Waals surface area contributed by atoms with Crippen molar-refractivity contribution in [1.29, 1.82) is 0 Å². The first-order chi connectivity index (χ1) is 18.0. The Morgan fingerprint density at radius 3 is 2.59 bits per heavy atom. The quantitative estimate of drug-likeness (QED) is 0.422. The number of carboxylic acid groups (broad SMARTS) is 1. The van der Waals surface area contributed by atoms with Gasteiger partial charge in [0.05, 0.1) is 12.7 Å². The Balaban J connectivity index is 1.20. The lowest BCUT2D eigenvalue weighted by atomic mass is 9.99. The van der Waals surface area contributed by atoms with E-state index in [1.807, 2.05) is 0 Å². The first-order valence-electron chi connectivity index (χ1n) is 12.5. The third kappa shape index (κ3) is 4.75. The molecule has 3 fully saturated rings. The molecule has 9 nitrogen and oxygen atoms in total. The lowest BCUT2D eigenvalue weighted by molar-refractivity contribution is -0.0494. The van der Waals surface area contributed by atoms with Crippen molar-refractivity contribution in [1.82, 2.24) is 15.1 Å². The van der Waals surface area contributed by atoms with Crippen LogP contribution in [0.25, 0.3) is 11.3 Å². The summed E-state index contributed by atoms with van der Waals surface area (Å²) in [4.78, 5) is 22.1. The van der Waals surface area contributed by atoms with Gasteiger partial charge in [-0.05, 0) is 56.7 Å². The molecule has 1 aliphatic carbocycles. The van der Waals surface area contributed by atoms with Crippen molar-refractivity contribution < 1.29 is 32.7 Å². The summed E-state index contributed by atoms with van der Waals surface area (Å²) in [5, 5.41) is 13.5. The van der Waals surface area contributed by atoms with Gasteiger partial charge in [0.25, 0.3) is 0 Å². The molecule has 1 N–H and O–H groups in total. The van der Waals surface area contributed by atoms with Gasteiger partial charge >= 0.3 is 12.6 Å². The SMILES string of the molecule is O=C(O)c1ccnc(N2[C@@H]3CC[C@H]2CC(OCc2c(-c4ccccc4OC(F)F)noc2C2CC2)C3)n1. The monoisotopic (exact) mass is 512 g/mol. The van der Waals surface area contributed by atoms with E-state index in [2.05, 4.69) is 20.0 Å². The minimum Gasteiger partial charge on any atom is -0.477 e. The highest BCUT2D eigenvalue weighted by molar-refractivity contribution is 5.85. The minimum absolute atomic E-state index is 0.0218. The van der Waals surface area contributed by atoms with Gasteiger partial charge in [0.15, 0.2) is 5.69 Å². The number of piperidine rings is 1. The summed E-state index contributed by atoms with van der Waals surface area (Å²) in [6, 6.07) is 8.27. The van der Waals surface area contributed by atoms with Gasteiger partial charge in [0.2, 0.25) is 5.95 Å². The molecule has 3 aromatic rings. The van der Waals surface area contributed by atoms with Crippen molar-refractivity contribution in [2.45, 2.75) is 75.8 Å². The standard InChI is InChI=1S/C26H26F2N4O5/c27-25(28)36-21-4-2-1-3-18(21)22-19(23(37-31-22)14-5-6-14)13-35-17-11-15-7-8-16(12-17)32(15)26-29-10-9-20(30-26)24(33)34/h1-4,9-10,14-17,25H,5-8,11-13H2,(H,33,34)/t15-,16+,17?. The highest BCUT2D eigenvalue weighted by Gasteiger charge is 2.43. The van der Waals surface area contributed by atoms with Gasteiger partial charge in [0.1, 0.15) is 17.2 Å². The van der Waals surface area contributed by atoms with Crippen LogP contribution in [0.2, 0.25) is 0 Å². The maximum absolute atomic E-state index is 13.0. The van der Waals surface area contributed by atoms with Crippen molar-refractivity contribution in [3.8, 4) is 17.0 Å². The molecule has 37 heavy (non-hydrogen) atoms. The van der Waals surface area contributed by atoms with Crippen LogP contribution in [0.4, 0.5) is 14.7 Å². The predicted octanol–water partition coefficient (Wildman–Crippen LogP) is 5.03. The van der Waals surface area contributed by atoms with Crippen LogP contribution >= 0.6 is 0 Å². The second-order valence-electron chi connectivity index (χ2n) is 9.77. The Morgan fingerprint density at radius 2 is 1.89 bits per heavy atom. The summed E-state index contributed by atoms with van der Waals surface area (Å²) < 4.78 is 42.9. The number of anilines is 1. The Labute approximate surface area is 211 Å². The van der Waals surface area contributed by atoms with Gasteiger partial charge < -0.3 is 24.0 Å². The van der Waals surface area contributed by atoms with E-state index < -0.39 is 12.6 Å². The highest BCUT2D eigenvalue weighted by Crippen LogP contribution is 2.46. The number of alkyl halides is 2. The van der Waals surface area contributed by atoms with Gasteiger partial charge in [-0.3, -0.25) is 0 Å². The van der Waals surface area contributed by atoms with Crippen LogP contribution < -0.4 is 9.64 Å². The number of hydrogen-bond donors (Lipinski definition) is 1. The summed E-state index contributed by atoms with van der Waals surface area (Å²) >= 11 is 0. The molecular weight excluding hydrogens is 486 g/mol. The molecule has 1 aromatic carbocycles. The summed E-state index contributed by atoms with van der Waals surface area (Å²) in [7, 11) is 0. The van der Waals surface area contributed by atoms with E-state index in [-0.39, 0.29) is 42.2 Å². The molecule has 11 heteroatoms. The number of aromatic carboxylic acids is 1. The molecule has 2 bridgehead atoms. The third-order valence-electron chi connectivity index (χ3n) is 7.37. The Kier molecular flexibility index (Phi) is 6.23. The van der Waals surface area contributed by atoms with Gasteiger partial charge in [-0.25, -0.2) is 14.8 Å². The number of ether oxygens (including phenoxy) is 2. The van der Waals surface area contributed by atoms with Crippen molar-refractivity contribution >= 4 is 11.9 Å². The van der Waals surface area contributed by atoms with E-state index in [1.54, 1.807) is 18.2 Å². The molecule has 1 saturated carbocycles. The molecule has 194 valence electrons. The fourth-order valence-corrected chi connectivity index (χ4v) is 5.58. The largest absolute Gasteiger partial charge is 0.477 e.